The average Bonchev–Trinajstić information content (AvgIpc) is 3.27. The zero-order valence-electron chi connectivity index (χ0n) is 14.6. The van der Waals surface area contributed by atoms with Gasteiger partial charge in [0.2, 0.25) is 5.91 Å². The van der Waals surface area contributed by atoms with Gasteiger partial charge in [0.05, 0.1) is 19.2 Å². The Bertz CT molecular complexity index is 449. The molecule has 1 amide bonds. The highest BCUT2D eigenvalue weighted by Crippen LogP contribution is 2.24. The van der Waals surface area contributed by atoms with Gasteiger partial charge in [-0.25, -0.2) is 0 Å². The maximum atomic E-state index is 12.6. The van der Waals surface area contributed by atoms with Gasteiger partial charge in [-0.3, -0.25) is 14.6 Å². The minimum atomic E-state index is -4.17. The topological polar surface area (TPSA) is 36.0 Å². The van der Waals surface area contributed by atoms with Gasteiger partial charge in [0.15, 0.2) is 0 Å². The number of carbonyl (C=O) groups is 1. The molecule has 0 aliphatic carbocycles. The first-order valence-corrected chi connectivity index (χ1v) is 9.33. The van der Waals surface area contributed by atoms with E-state index in [2.05, 4.69) is 4.90 Å². The average molecular weight is 363 g/mol. The molecule has 3 fully saturated rings. The third kappa shape index (κ3) is 5.56. The van der Waals surface area contributed by atoms with Crippen LogP contribution in [0.1, 0.15) is 32.1 Å². The maximum Gasteiger partial charge on any atom is 0.401 e. The molecular weight excluding hydrogens is 335 g/mol. The van der Waals surface area contributed by atoms with Gasteiger partial charge in [0, 0.05) is 45.4 Å². The van der Waals surface area contributed by atoms with Crippen molar-refractivity contribution in [3.8, 4) is 0 Å². The molecule has 25 heavy (non-hydrogen) atoms. The van der Waals surface area contributed by atoms with Crippen molar-refractivity contribution in [1.29, 1.82) is 0 Å². The summed E-state index contributed by atoms with van der Waals surface area (Å²) in [6.07, 6.45) is 0.677. The predicted octanol–water partition coefficient (Wildman–Crippen LogP) is 1.73. The van der Waals surface area contributed by atoms with Crippen LogP contribution in [-0.4, -0.2) is 91.3 Å². The molecule has 0 aromatic heterocycles. The molecule has 0 aromatic rings. The van der Waals surface area contributed by atoms with Gasteiger partial charge in [-0.15, -0.1) is 0 Å². The van der Waals surface area contributed by atoms with Gasteiger partial charge in [-0.1, -0.05) is 0 Å². The lowest BCUT2D eigenvalue weighted by Gasteiger charge is -2.32. The van der Waals surface area contributed by atoms with Crippen molar-refractivity contribution >= 4 is 5.91 Å². The fraction of sp³-hybridized carbons (Fsp3) is 0.941. The fourth-order valence-electron chi connectivity index (χ4n) is 4.14. The molecule has 2 atom stereocenters. The van der Waals surface area contributed by atoms with Crippen LogP contribution in [0.25, 0.3) is 0 Å². The largest absolute Gasteiger partial charge is 0.401 e. The predicted molar refractivity (Wildman–Crippen MR) is 87.3 cm³/mol. The molecule has 0 saturated carbocycles. The van der Waals surface area contributed by atoms with Crippen LogP contribution >= 0.6 is 0 Å². The molecule has 0 aromatic carbocycles. The highest BCUT2D eigenvalue weighted by Gasteiger charge is 2.37. The van der Waals surface area contributed by atoms with E-state index in [9.17, 15) is 18.0 Å². The van der Waals surface area contributed by atoms with Crippen molar-refractivity contribution in [2.24, 2.45) is 0 Å². The van der Waals surface area contributed by atoms with Gasteiger partial charge in [-0.05, 0) is 32.1 Å². The van der Waals surface area contributed by atoms with E-state index in [-0.39, 0.29) is 18.1 Å². The summed E-state index contributed by atoms with van der Waals surface area (Å²) in [5.41, 5.74) is 0. The zero-order valence-corrected chi connectivity index (χ0v) is 14.6. The molecule has 3 aliphatic heterocycles. The van der Waals surface area contributed by atoms with Crippen LogP contribution in [0.15, 0.2) is 0 Å². The van der Waals surface area contributed by atoms with Gasteiger partial charge in [0.25, 0.3) is 0 Å². The number of rotatable bonds is 6. The molecule has 8 heteroatoms. The first-order valence-electron chi connectivity index (χ1n) is 9.33. The number of nitrogens with zero attached hydrogens (tertiary/aromatic N) is 3. The van der Waals surface area contributed by atoms with Gasteiger partial charge >= 0.3 is 6.18 Å². The van der Waals surface area contributed by atoms with Gasteiger partial charge in [0.1, 0.15) is 0 Å². The molecule has 0 spiro atoms. The molecule has 0 radical (unpaired) electrons. The number of ether oxygens (including phenoxy) is 1. The van der Waals surface area contributed by atoms with Crippen LogP contribution in [-0.2, 0) is 9.53 Å². The minimum absolute atomic E-state index is 0.00176. The van der Waals surface area contributed by atoms with Crippen LogP contribution in [0.2, 0.25) is 0 Å². The summed E-state index contributed by atoms with van der Waals surface area (Å²) >= 11 is 0. The SMILES string of the molecule is O=C(CN(C[C@@H]1CCCO1)[C@H]1CCN(CC(F)(F)F)C1)N1CCCC1. The Morgan fingerprint density at radius 3 is 2.52 bits per heavy atom. The minimum Gasteiger partial charge on any atom is -0.377 e. The highest BCUT2D eigenvalue weighted by molar-refractivity contribution is 5.78. The van der Waals surface area contributed by atoms with Crippen LogP contribution in [0.5, 0.6) is 0 Å². The second kappa shape index (κ2) is 8.22. The number of amides is 1. The Kier molecular flexibility index (Phi) is 6.22. The number of hydrogen-bond acceptors (Lipinski definition) is 4. The Hall–Kier alpha value is -0.860. The van der Waals surface area contributed by atoms with Crippen LogP contribution < -0.4 is 0 Å². The van der Waals surface area contributed by atoms with Crippen LogP contribution in [0, 0.1) is 0 Å². The first-order chi connectivity index (χ1) is 11.9. The van der Waals surface area contributed by atoms with Crippen molar-refractivity contribution in [2.75, 3.05) is 52.4 Å². The summed E-state index contributed by atoms with van der Waals surface area (Å²) < 4.78 is 43.6. The second-order valence-electron chi connectivity index (χ2n) is 7.45. The molecule has 3 rings (SSSR count). The molecule has 5 nitrogen and oxygen atoms in total. The van der Waals surface area contributed by atoms with E-state index >= 15 is 0 Å². The Balaban J connectivity index is 1.58. The Morgan fingerprint density at radius 2 is 1.88 bits per heavy atom. The summed E-state index contributed by atoms with van der Waals surface area (Å²) in [5, 5.41) is 0. The van der Waals surface area contributed by atoms with Crippen molar-refractivity contribution < 1.29 is 22.7 Å². The van der Waals surface area contributed by atoms with Crippen LogP contribution in [0.3, 0.4) is 0 Å². The summed E-state index contributed by atoms with van der Waals surface area (Å²) in [7, 11) is 0. The van der Waals surface area contributed by atoms with E-state index in [1.54, 1.807) is 0 Å². The fourth-order valence-corrected chi connectivity index (χ4v) is 4.14. The maximum absolute atomic E-state index is 12.6. The molecule has 0 N–H and O–H groups in total. The lowest BCUT2D eigenvalue weighted by molar-refractivity contribution is -0.144. The summed E-state index contributed by atoms with van der Waals surface area (Å²) in [6, 6.07) is -0.00176. The van der Waals surface area contributed by atoms with Crippen molar-refractivity contribution in [1.82, 2.24) is 14.7 Å². The van der Waals surface area contributed by atoms with E-state index in [1.165, 1.54) is 4.90 Å². The number of halogens is 3. The number of likely N-dealkylation sites (tertiary alicyclic amines) is 2. The summed E-state index contributed by atoms with van der Waals surface area (Å²) in [6.45, 7) is 3.23. The van der Waals surface area contributed by atoms with E-state index in [4.69, 9.17) is 4.74 Å². The molecular formula is C17H28F3N3O2. The summed E-state index contributed by atoms with van der Waals surface area (Å²) in [4.78, 5) is 18.0. The Morgan fingerprint density at radius 1 is 1.12 bits per heavy atom. The smallest absolute Gasteiger partial charge is 0.377 e. The lowest BCUT2D eigenvalue weighted by atomic mass is 10.1. The normalized spacial score (nSPS) is 28.4. The van der Waals surface area contributed by atoms with Crippen molar-refractivity contribution in [3.63, 3.8) is 0 Å². The van der Waals surface area contributed by atoms with E-state index < -0.39 is 12.7 Å². The zero-order chi connectivity index (χ0) is 17.9. The van der Waals surface area contributed by atoms with E-state index in [1.807, 2.05) is 4.90 Å². The number of alkyl halides is 3. The molecule has 0 bridgehead atoms. The molecule has 0 unspecified atom stereocenters. The molecule has 3 saturated heterocycles. The third-order valence-electron chi connectivity index (χ3n) is 5.43. The van der Waals surface area contributed by atoms with Gasteiger partial charge in [-0.2, -0.15) is 13.2 Å². The van der Waals surface area contributed by atoms with Crippen LogP contribution in [0.4, 0.5) is 13.2 Å². The highest BCUT2D eigenvalue weighted by atomic mass is 19.4. The van der Waals surface area contributed by atoms with E-state index in [0.29, 0.717) is 32.6 Å². The Labute approximate surface area is 147 Å². The quantitative estimate of drug-likeness (QED) is 0.720. The van der Waals surface area contributed by atoms with Crippen molar-refractivity contribution in [2.45, 2.75) is 50.4 Å². The molecule has 3 aliphatic rings. The van der Waals surface area contributed by atoms with Gasteiger partial charge < -0.3 is 9.64 Å². The van der Waals surface area contributed by atoms with E-state index in [0.717, 1.165) is 45.4 Å². The molecule has 144 valence electrons. The molecule has 3 heterocycles. The second-order valence-corrected chi connectivity index (χ2v) is 7.45. The first kappa shape index (κ1) is 18.9. The monoisotopic (exact) mass is 363 g/mol. The third-order valence-corrected chi connectivity index (χ3v) is 5.43. The number of hydrogen-bond donors (Lipinski definition) is 0. The lowest BCUT2D eigenvalue weighted by Crippen LogP contribution is -2.48. The summed E-state index contributed by atoms with van der Waals surface area (Å²) in [5.74, 6) is 0.102. The standard InChI is InChI=1S/C17H28F3N3O2/c18-17(19,20)13-21-8-5-14(10-21)23(11-15-4-3-9-25-15)12-16(24)22-6-1-2-7-22/h14-15H,1-13H2/t14-,15-/m0/s1. The van der Waals surface area contributed by atoms with Crippen molar-refractivity contribution in [3.05, 3.63) is 0 Å². The number of carbonyl (C=O) groups excluding carboxylic acids is 1.